The van der Waals surface area contributed by atoms with Crippen molar-refractivity contribution in [1.82, 2.24) is 25.1 Å². The maximum atomic E-state index is 13.8. The van der Waals surface area contributed by atoms with Gasteiger partial charge in [-0.3, -0.25) is 4.90 Å². The van der Waals surface area contributed by atoms with Crippen LogP contribution in [0.3, 0.4) is 0 Å². The zero-order chi connectivity index (χ0) is 25.1. The number of ether oxygens (including phenoxy) is 1. The van der Waals surface area contributed by atoms with Crippen molar-refractivity contribution in [1.29, 1.82) is 0 Å². The van der Waals surface area contributed by atoms with Crippen LogP contribution in [0.4, 0.5) is 10.1 Å². The van der Waals surface area contributed by atoms with Crippen LogP contribution in [0.2, 0.25) is 0 Å². The van der Waals surface area contributed by atoms with Gasteiger partial charge in [0.05, 0.1) is 19.7 Å². The molecule has 0 bridgehead atoms. The highest BCUT2D eigenvalue weighted by Gasteiger charge is 2.31. The Hall–Kier alpha value is -3.78. The number of hydrogen-bond acceptors (Lipinski definition) is 6. The van der Waals surface area contributed by atoms with Gasteiger partial charge in [-0.2, -0.15) is 0 Å². The number of aromatic nitrogens is 4. The second kappa shape index (κ2) is 10.5. The van der Waals surface area contributed by atoms with Crippen LogP contribution in [-0.4, -0.2) is 58.4 Å². The van der Waals surface area contributed by atoms with Crippen LogP contribution in [-0.2, 0) is 6.54 Å². The molecule has 0 N–H and O–H groups in total. The molecule has 0 amide bonds. The SMILES string of the molecule is COc1ccc(Cn2nnnc2C(c2ccc(F)cc2)N2CCN(c3cc(C)ccc3C)CC2)cc1. The molecule has 1 fully saturated rings. The molecule has 1 saturated heterocycles. The molecule has 1 atom stereocenters. The number of piperazine rings is 1. The Labute approximate surface area is 211 Å². The number of nitrogens with zero attached hydrogens (tertiary/aromatic N) is 6. The second-order valence-electron chi connectivity index (χ2n) is 9.31. The fraction of sp³-hybridized carbons (Fsp3) is 0.321. The number of tetrazole rings is 1. The predicted molar refractivity (Wildman–Crippen MR) is 138 cm³/mol. The standard InChI is InChI=1S/C28H31FN6O/c1-20-4-5-21(2)26(18-20)33-14-16-34(17-15-33)27(23-8-10-24(29)11-9-23)28-30-31-32-35(28)19-22-6-12-25(36-3)13-7-22/h4-13,18,27H,14-17,19H2,1-3H3. The average Bonchev–Trinajstić information content (AvgIpc) is 3.35. The lowest BCUT2D eigenvalue weighted by atomic mass is 10.0. The van der Waals surface area contributed by atoms with Crippen molar-refractivity contribution in [2.75, 3.05) is 38.2 Å². The third-order valence-electron chi connectivity index (χ3n) is 6.87. The molecular weight excluding hydrogens is 455 g/mol. The summed E-state index contributed by atoms with van der Waals surface area (Å²) >= 11 is 0. The number of hydrogen-bond donors (Lipinski definition) is 0. The molecule has 0 saturated carbocycles. The lowest BCUT2D eigenvalue weighted by Gasteiger charge is -2.40. The van der Waals surface area contributed by atoms with Crippen LogP contribution in [0.5, 0.6) is 5.75 Å². The maximum absolute atomic E-state index is 13.8. The second-order valence-corrected chi connectivity index (χ2v) is 9.31. The molecule has 36 heavy (non-hydrogen) atoms. The molecule has 1 aliphatic rings. The Balaban J connectivity index is 1.42. The Bertz CT molecular complexity index is 1300. The first kappa shape index (κ1) is 23.9. The Morgan fingerprint density at radius 3 is 2.33 bits per heavy atom. The smallest absolute Gasteiger partial charge is 0.173 e. The van der Waals surface area contributed by atoms with Crippen molar-refractivity contribution in [2.45, 2.75) is 26.4 Å². The fourth-order valence-corrected chi connectivity index (χ4v) is 4.87. The third-order valence-corrected chi connectivity index (χ3v) is 6.87. The molecule has 1 aromatic heterocycles. The predicted octanol–water partition coefficient (Wildman–Crippen LogP) is 4.40. The first-order chi connectivity index (χ1) is 17.5. The minimum atomic E-state index is -0.255. The topological polar surface area (TPSA) is 59.3 Å². The minimum Gasteiger partial charge on any atom is -0.497 e. The number of aryl methyl sites for hydroxylation is 2. The van der Waals surface area contributed by atoms with Gasteiger partial charge in [-0.05, 0) is 76.9 Å². The van der Waals surface area contributed by atoms with Crippen LogP contribution >= 0.6 is 0 Å². The van der Waals surface area contributed by atoms with Gasteiger partial charge in [0.2, 0.25) is 0 Å². The molecule has 2 heterocycles. The molecule has 5 rings (SSSR count). The summed E-state index contributed by atoms with van der Waals surface area (Å²) in [6, 6.07) is 21.0. The van der Waals surface area contributed by atoms with Gasteiger partial charge in [0, 0.05) is 31.9 Å². The van der Waals surface area contributed by atoms with E-state index >= 15 is 0 Å². The average molecular weight is 487 g/mol. The molecule has 0 radical (unpaired) electrons. The summed E-state index contributed by atoms with van der Waals surface area (Å²) in [4.78, 5) is 4.84. The normalized spacial score (nSPS) is 15.2. The number of benzene rings is 3. The van der Waals surface area contributed by atoms with Gasteiger partial charge < -0.3 is 9.64 Å². The summed E-state index contributed by atoms with van der Waals surface area (Å²) in [5, 5.41) is 12.8. The molecular formula is C28H31FN6O. The maximum Gasteiger partial charge on any atom is 0.173 e. The van der Waals surface area contributed by atoms with Gasteiger partial charge in [-0.15, -0.1) is 5.10 Å². The summed E-state index contributed by atoms with van der Waals surface area (Å²) in [5.74, 6) is 1.30. The Kier molecular flexibility index (Phi) is 6.95. The van der Waals surface area contributed by atoms with Crippen LogP contribution in [0.25, 0.3) is 0 Å². The summed E-state index contributed by atoms with van der Waals surface area (Å²) < 4.78 is 20.9. The van der Waals surface area contributed by atoms with E-state index in [1.165, 1.54) is 28.9 Å². The van der Waals surface area contributed by atoms with E-state index in [1.54, 1.807) is 7.11 Å². The van der Waals surface area contributed by atoms with Gasteiger partial charge in [-0.25, -0.2) is 9.07 Å². The molecule has 8 heteroatoms. The van der Waals surface area contributed by atoms with E-state index in [0.717, 1.165) is 48.9 Å². The summed E-state index contributed by atoms with van der Waals surface area (Å²) in [6.07, 6.45) is 0. The highest BCUT2D eigenvalue weighted by atomic mass is 19.1. The van der Waals surface area contributed by atoms with Crippen molar-refractivity contribution in [2.24, 2.45) is 0 Å². The summed E-state index contributed by atoms with van der Waals surface area (Å²) in [5.41, 5.74) is 5.88. The van der Waals surface area contributed by atoms with Crippen LogP contribution in [0, 0.1) is 19.7 Å². The van der Waals surface area contributed by atoms with Crippen molar-refractivity contribution in [3.63, 3.8) is 0 Å². The highest BCUT2D eigenvalue weighted by molar-refractivity contribution is 5.55. The molecule has 4 aromatic rings. The van der Waals surface area contributed by atoms with E-state index in [0.29, 0.717) is 6.54 Å². The molecule has 186 valence electrons. The monoisotopic (exact) mass is 486 g/mol. The zero-order valence-electron chi connectivity index (χ0n) is 20.9. The van der Waals surface area contributed by atoms with E-state index in [1.807, 2.05) is 41.1 Å². The zero-order valence-corrected chi connectivity index (χ0v) is 20.9. The van der Waals surface area contributed by atoms with E-state index in [2.05, 4.69) is 57.4 Å². The summed E-state index contributed by atoms with van der Waals surface area (Å²) in [7, 11) is 1.65. The third kappa shape index (κ3) is 5.09. The highest BCUT2D eigenvalue weighted by Crippen LogP contribution is 2.30. The van der Waals surface area contributed by atoms with Crippen molar-refractivity contribution >= 4 is 5.69 Å². The Morgan fingerprint density at radius 2 is 1.64 bits per heavy atom. The number of anilines is 1. The van der Waals surface area contributed by atoms with Gasteiger partial charge >= 0.3 is 0 Å². The first-order valence-electron chi connectivity index (χ1n) is 12.2. The molecule has 0 spiro atoms. The largest absolute Gasteiger partial charge is 0.497 e. The molecule has 0 aliphatic carbocycles. The van der Waals surface area contributed by atoms with Crippen molar-refractivity contribution < 1.29 is 9.13 Å². The van der Waals surface area contributed by atoms with E-state index in [-0.39, 0.29) is 11.9 Å². The van der Waals surface area contributed by atoms with Gasteiger partial charge in [-0.1, -0.05) is 36.4 Å². The number of halogens is 1. The van der Waals surface area contributed by atoms with Gasteiger partial charge in [0.25, 0.3) is 0 Å². The molecule has 3 aromatic carbocycles. The first-order valence-corrected chi connectivity index (χ1v) is 12.2. The molecule has 7 nitrogen and oxygen atoms in total. The lowest BCUT2D eigenvalue weighted by molar-refractivity contribution is 0.201. The minimum absolute atomic E-state index is 0.181. The van der Waals surface area contributed by atoms with Gasteiger partial charge in [0.15, 0.2) is 5.82 Å². The molecule has 1 aliphatic heterocycles. The Morgan fingerprint density at radius 1 is 0.917 bits per heavy atom. The van der Waals surface area contributed by atoms with Crippen molar-refractivity contribution in [3.8, 4) is 5.75 Å². The fourth-order valence-electron chi connectivity index (χ4n) is 4.87. The van der Waals surface area contributed by atoms with Crippen LogP contribution in [0.15, 0.2) is 66.7 Å². The van der Waals surface area contributed by atoms with E-state index < -0.39 is 0 Å². The summed E-state index contributed by atoms with van der Waals surface area (Å²) in [6.45, 7) is 8.29. The number of methoxy groups -OCH3 is 1. The van der Waals surface area contributed by atoms with Crippen molar-refractivity contribution in [3.05, 3.63) is 101 Å². The molecule has 1 unspecified atom stereocenters. The van der Waals surface area contributed by atoms with E-state index in [4.69, 9.17) is 4.74 Å². The quantitative estimate of drug-likeness (QED) is 0.386. The lowest BCUT2D eigenvalue weighted by Crippen LogP contribution is -2.48. The van der Waals surface area contributed by atoms with Crippen LogP contribution in [0.1, 0.15) is 34.1 Å². The van der Waals surface area contributed by atoms with E-state index in [9.17, 15) is 4.39 Å². The van der Waals surface area contributed by atoms with Gasteiger partial charge in [0.1, 0.15) is 11.6 Å². The van der Waals surface area contributed by atoms with Crippen LogP contribution < -0.4 is 9.64 Å². The number of rotatable bonds is 7.